The number of benzene rings is 3. The first kappa shape index (κ1) is 26.0. The third kappa shape index (κ3) is 6.10. The number of ether oxygens (including phenoxy) is 2. The molecule has 3 aromatic rings. The van der Waals surface area contributed by atoms with Crippen LogP contribution in [0.3, 0.4) is 0 Å². The van der Waals surface area contributed by atoms with E-state index in [1.54, 1.807) is 48.5 Å². The molecule has 3 aromatic carbocycles. The second-order valence-electron chi connectivity index (χ2n) is 7.55. The fourth-order valence-corrected chi connectivity index (χ4v) is 3.84. The van der Waals surface area contributed by atoms with Crippen LogP contribution in [0.1, 0.15) is 33.8 Å². The summed E-state index contributed by atoms with van der Waals surface area (Å²) in [6.45, 7) is 0.559. The zero-order valence-corrected chi connectivity index (χ0v) is 21.2. The van der Waals surface area contributed by atoms with Crippen molar-refractivity contribution in [3.8, 4) is 17.2 Å². The van der Waals surface area contributed by atoms with Crippen LogP contribution in [0.25, 0.3) is 0 Å². The molecule has 9 heteroatoms. The van der Waals surface area contributed by atoms with Crippen LogP contribution in [0, 0.1) is 5.82 Å². The van der Waals surface area contributed by atoms with Crippen LogP contribution < -0.4 is 49.5 Å². The molecule has 0 aliphatic carbocycles. The van der Waals surface area contributed by atoms with Crippen LogP contribution in [-0.4, -0.2) is 25.0 Å². The first-order valence-corrected chi connectivity index (χ1v) is 10.8. The van der Waals surface area contributed by atoms with Crippen LogP contribution in [-0.2, 0) is 11.2 Å². The predicted molar refractivity (Wildman–Crippen MR) is 118 cm³/mol. The molecule has 34 heavy (non-hydrogen) atoms. The van der Waals surface area contributed by atoms with Gasteiger partial charge in [-0.15, -0.1) is 0 Å². The molecule has 0 aromatic heterocycles. The van der Waals surface area contributed by atoms with Crippen molar-refractivity contribution in [1.82, 2.24) is 5.32 Å². The Labute approximate surface area is 223 Å². The van der Waals surface area contributed by atoms with Gasteiger partial charge in [0.2, 0.25) is 0 Å². The minimum atomic E-state index is -1.17. The van der Waals surface area contributed by atoms with Gasteiger partial charge in [-0.3, -0.25) is 4.79 Å². The first-order valence-electron chi connectivity index (χ1n) is 10.4. The van der Waals surface area contributed by atoms with Gasteiger partial charge in [-0.05, 0) is 54.8 Å². The number of halogens is 2. The van der Waals surface area contributed by atoms with E-state index in [9.17, 15) is 19.1 Å². The number of rotatable bonds is 7. The third-order valence-electron chi connectivity index (χ3n) is 5.37. The first-order chi connectivity index (χ1) is 15.9. The summed E-state index contributed by atoms with van der Waals surface area (Å²) in [6, 6.07) is 15.9. The summed E-state index contributed by atoms with van der Waals surface area (Å²) in [5, 5.41) is 14.4. The second kappa shape index (κ2) is 11.7. The molecule has 1 atom stereocenters. The van der Waals surface area contributed by atoms with Crippen molar-refractivity contribution in [2.45, 2.75) is 18.8 Å². The zero-order valence-electron chi connectivity index (χ0n) is 18.5. The maximum absolute atomic E-state index is 13.7. The standard InChI is InChI=1S/C25H21ClFNO5.Na/c26-20-13-19-18(25(30)31)10-12-32-22(19)14-23(20)33-17-7-5-16(6-8-17)24(29)28-11-9-15-3-1-2-4-21(15)27;/h1-8,13-14,18H,9-12H2,(H,28,29)(H,30,31);/q;+1/p-1. The molecule has 170 valence electrons. The monoisotopic (exact) mass is 491 g/mol. The van der Waals surface area contributed by atoms with E-state index in [1.165, 1.54) is 12.1 Å². The Morgan fingerprint density at radius 2 is 1.88 bits per heavy atom. The average Bonchev–Trinajstić information content (AvgIpc) is 2.80. The van der Waals surface area contributed by atoms with Gasteiger partial charge in [0.1, 0.15) is 23.1 Å². The normalized spacial score (nSPS) is 14.2. The van der Waals surface area contributed by atoms with E-state index in [4.69, 9.17) is 21.1 Å². The van der Waals surface area contributed by atoms with Gasteiger partial charge in [-0.25, -0.2) is 4.39 Å². The minimum Gasteiger partial charge on any atom is -0.549 e. The topological polar surface area (TPSA) is 87.7 Å². The number of carbonyl (C=O) groups is 2. The Morgan fingerprint density at radius 1 is 1.15 bits per heavy atom. The van der Waals surface area contributed by atoms with Crippen LogP contribution in [0.2, 0.25) is 5.02 Å². The fourth-order valence-electron chi connectivity index (χ4n) is 3.63. The summed E-state index contributed by atoms with van der Waals surface area (Å²) in [5.41, 5.74) is 1.42. The van der Waals surface area contributed by atoms with E-state index in [2.05, 4.69) is 5.32 Å². The summed E-state index contributed by atoms with van der Waals surface area (Å²) in [4.78, 5) is 23.7. The van der Waals surface area contributed by atoms with Crippen molar-refractivity contribution in [2.24, 2.45) is 0 Å². The van der Waals surface area contributed by atoms with Gasteiger partial charge < -0.3 is 24.7 Å². The number of carbonyl (C=O) groups excluding carboxylic acids is 2. The number of amides is 1. The zero-order chi connectivity index (χ0) is 23.4. The quantitative estimate of drug-likeness (QED) is 0.495. The third-order valence-corrected chi connectivity index (χ3v) is 5.67. The number of fused-ring (bicyclic) bond motifs is 1. The second-order valence-corrected chi connectivity index (χ2v) is 7.96. The molecule has 0 saturated carbocycles. The maximum Gasteiger partial charge on any atom is 1.00 e. The molecule has 1 amide bonds. The Morgan fingerprint density at radius 3 is 2.59 bits per heavy atom. The van der Waals surface area contributed by atoms with Crippen molar-refractivity contribution in [2.75, 3.05) is 13.2 Å². The molecule has 1 heterocycles. The number of nitrogens with one attached hydrogen (secondary N) is 1. The summed E-state index contributed by atoms with van der Waals surface area (Å²) < 4.78 is 25.0. The molecule has 0 bridgehead atoms. The average molecular weight is 492 g/mol. The Hall–Kier alpha value is -2.58. The van der Waals surface area contributed by atoms with E-state index in [0.717, 1.165) is 0 Å². The summed E-state index contributed by atoms with van der Waals surface area (Å²) in [7, 11) is 0. The molecule has 4 rings (SSSR count). The van der Waals surface area contributed by atoms with E-state index in [-0.39, 0.29) is 52.9 Å². The molecule has 0 radical (unpaired) electrons. The van der Waals surface area contributed by atoms with Crippen molar-refractivity contribution in [3.63, 3.8) is 0 Å². The summed E-state index contributed by atoms with van der Waals surface area (Å²) >= 11 is 6.30. The van der Waals surface area contributed by atoms with Gasteiger partial charge in [0, 0.05) is 35.6 Å². The molecule has 0 spiro atoms. The molecule has 1 unspecified atom stereocenters. The molecule has 1 N–H and O–H groups in total. The van der Waals surface area contributed by atoms with E-state index in [0.29, 0.717) is 53.3 Å². The number of carboxylic acids is 1. The molecular formula is C25H20ClFNNaO5. The summed E-state index contributed by atoms with van der Waals surface area (Å²) in [5.74, 6) is -1.41. The fraction of sp³-hybridized carbons (Fsp3) is 0.200. The largest absolute Gasteiger partial charge is 1.00 e. The van der Waals surface area contributed by atoms with E-state index >= 15 is 0 Å². The van der Waals surface area contributed by atoms with Crippen molar-refractivity contribution in [1.29, 1.82) is 0 Å². The van der Waals surface area contributed by atoms with Crippen LogP contribution in [0.15, 0.2) is 60.7 Å². The summed E-state index contributed by atoms with van der Waals surface area (Å²) in [6.07, 6.45) is 0.701. The number of hydrogen-bond acceptors (Lipinski definition) is 5. The molecular weight excluding hydrogens is 472 g/mol. The maximum atomic E-state index is 13.7. The van der Waals surface area contributed by atoms with Gasteiger partial charge in [0.25, 0.3) is 5.91 Å². The van der Waals surface area contributed by atoms with Crippen LogP contribution in [0.5, 0.6) is 17.2 Å². The predicted octanol–water partition coefficient (Wildman–Crippen LogP) is 0.864. The van der Waals surface area contributed by atoms with Gasteiger partial charge in [0.05, 0.1) is 11.6 Å². The van der Waals surface area contributed by atoms with Crippen LogP contribution in [0.4, 0.5) is 4.39 Å². The van der Waals surface area contributed by atoms with Gasteiger partial charge >= 0.3 is 29.6 Å². The number of aliphatic carboxylic acids is 1. The Kier molecular flexibility index (Phi) is 8.97. The van der Waals surface area contributed by atoms with Gasteiger partial charge in [-0.2, -0.15) is 0 Å². The van der Waals surface area contributed by atoms with Gasteiger partial charge in [-0.1, -0.05) is 29.8 Å². The molecule has 1 aliphatic rings. The van der Waals surface area contributed by atoms with Gasteiger partial charge in [0.15, 0.2) is 0 Å². The molecule has 0 fully saturated rings. The van der Waals surface area contributed by atoms with Crippen molar-refractivity contribution < 1.29 is 58.1 Å². The molecule has 1 aliphatic heterocycles. The molecule has 6 nitrogen and oxygen atoms in total. The van der Waals surface area contributed by atoms with E-state index in [1.807, 2.05) is 0 Å². The Balaban J connectivity index is 0.00000324. The number of carboxylic acid groups (broad SMARTS) is 1. The SMILES string of the molecule is O=C(NCCc1ccccc1F)c1ccc(Oc2cc3c(cc2Cl)C(C(=O)[O-])CCO3)cc1.[Na+]. The Bertz CT molecular complexity index is 1190. The van der Waals surface area contributed by atoms with Crippen molar-refractivity contribution >= 4 is 23.5 Å². The minimum absolute atomic E-state index is 0. The van der Waals surface area contributed by atoms with E-state index < -0.39 is 11.9 Å². The van der Waals surface area contributed by atoms with Crippen molar-refractivity contribution in [3.05, 3.63) is 88.2 Å². The molecule has 0 saturated heterocycles. The van der Waals surface area contributed by atoms with Crippen LogP contribution >= 0.6 is 11.6 Å². The smallest absolute Gasteiger partial charge is 0.549 e. The number of hydrogen-bond donors (Lipinski definition) is 1.